The van der Waals surface area contributed by atoms with Gasteiger partial charge >= 0.3 is 0 Å². The van der Waals surface area contributed by atoms with E-state index in [1.165, 1.54) is 42.8 Å². The molecule has 1 aliphatic rings. The molecular weight excluding hydrogens is 356 g/mol. The van der Waals surface area contributed by atoms with E-state index < -0.39 is 0 Å². The molecule has 1 heterocycles. The van der Waals surface area contributed by atoms with Crippen molar-refractivity contribution in [3.05, 3.63) is 72.3 Å². The Hall–Kier alpha value is -2.68. The summed E-state index contributed by atoms with van der Waals surface area (Å²) in [7, 11) is 0. The van der Waals surface area contributed by atoms with Gasteiger partial charge in [0.15, 0.2) is 0 Å². The summed E-state index contributed by atoms with van der Waals surface area (Å²) in [4.78, 5) is 4.79. The number of rotatable bonds is 9. The summed E-state index contributed by atoms with van der Waals surface area (Å²) in [5.74, 6) is 0.942. The van der Waals surface area contributed by atoms with Gasteiger partial charge in [0.1, 0.15) is 5.75 Å². The van der Waals surface area contributed by atoms with Gasteiger partial charge in [0.05, 0.1) is 12.3 Å². The summed E-state index contributed by atoms with van der Waals surface area (Å²) in [6, 6.07) is 15.5. The topological polar surface area (TPSA) is 15.7 Å². The van der Waals surface area contributed by atoms with E-state index in [0.29, 0.717) is 6.61 Å². The van der Waals surface area contributed by atoms with Crippen molar-refractivity contribution in [1.29, 1.82) is 0 Å². The Kier molecular flexibility index (Phi) is 7.40. The molecule has 0 atom stereocenters. The fourth-order valence-electron chi connectivity index (χ4n) is 4.08. The van der Waals surface area contributed by atoms with Crippen molar-refractivity contribution in [2.45, 2.75) is 33.6 Å². The van der Waals surface area contributed by atoms with Crippen molar-refractivity contribution in [3.63, 3.8) is 0 Å². The van der Waals surface area contributed by atoms with Gasteiger partial charge < -0.3 is 14.5 Å². The van der Waals surface area contributed by atoms with Crippen LogP contribution in [0, 0.1) is 0 Å². The molecule has 0 unspecified atom stereocenters. The smallest absolute Gasteiger partial charge is 0.143 e. The van der Waals surface area contributed by atoms with Gasteiger partial charge in [-0.3, -0.25) is 0 Å². The van der Waals surface area contributed by atoms with Gasteiger partial charge in [-0.15, -0.1) is 0 Å². The molecule has 0 amide bonds. The minimum atomic E-state index is 0.656. The van der Waals surface area contributed by atoms with Crippen LogP contribution < -0.4 is 14.5 Å². The molecule has 0 radical (unpaired) electrons. The molecule has 0 saturated carbocycles. The normalized spacial score (nSPS) is 14.2. The molecule has 1 fully saturated rings. The van der Waals surface area contributed by atoms with Crippen molar-refractivity contribution in [1.82, 2.24) is 0 Å². The van der Waals surface area contributed by atoms with Crippen molar-refractivity contribution < 1.29 is 4.74 Å². The average Bonchev–Trinajstić information content (AvgIpc) is 3.29. The molecule has 1 aliphatic heterocycles. The van der Waals surface area contributed by atoms with Crippen LogP contribution in [0.5, 0.6) is 5.75 Å². The third-order valence-electron chi connectivity index (χ3n) is 5.61. The van der Waals surface area contributed by atoms with Crippen LogP contribution in [0.3, 0.4) is 0 Å². The van der Waals surface area contributed by atoms with Gasteiger partial charge in [0, 0.05) is 31.9 Å². The lowest BCUT2D eigenvalue weighted by molar-refractivity contribution is 0.340. The number of hydrogen-bond donors (Lipinski definition) is 0. The SMILES string of the molecule is C=C/C=C(/c1ccc(N2CCCC2)cc1)c1ccc(N(CC)CC)c(OCC)c1. The quantitative estimate of drug-likeness (QED) is 0.478. The molecule has 0 bridgehead atoms. The highest BCUT2D eigenvalue weighted by Gasteiger charge is 2.15. The Balaban J connectivity index is 1.95. The lowest BCUT2D eigenvalue weighted by Crippen LogP contribution is -2.22. The van der Waals surface area contributed by atoms with Crippen molar-refractivity contribution >= 4 is 16.9 Å². The number of benzene rings is 2. The number of anilines is 2. The molecule has 154 valence electrons. The molecule has 3 nitrogen and oxygen atoms in total. The van der Waals surface area contributed by atoms with E-state index in [-0.39, 0.29) is 0 Å². The number of nitrogens with zero attached hydrogens (tertiary/aromatic N) is 2. The Morgan fingerprint density at radius 2 is 1.66 bits per heavy atom. The third kappa shape index (κ3) is 4.84. The Morgan fingerprint density at radius 1 is 1.00 bits per heavy atom. The predicted octanol–water partition coefficient (Wildman–Crippen LogP) is 6.15. The van der Waals surface area contributed by atoms with E-state index in [1.807, 2.05) is 13.0 Å². The van der Waals surface area contributed by atoms with Gasteiger partial charge in [0.25, 0.3) is 0 Å². The fourth-order valence-corrected chi connectivity index (χ4v) is 4.08. The zero-order valence-electron chi connectivity index (χ0n) is 18.2. The van der Waals surface area contributed by atoms with Crippen LogP contribution in [-0.2, 0) is 0 Å². The molecular formula is C26H34N2O. The van der Waals surface area contributed by atoms with E-state index in [9.17, 15) is 0 Å². The van der Waals surface area contributed by atoms with E-state index in [4.69, 9.17) is 4.74 Å². The Bertz CT molecular complexity index is 828. The summed E-state index contributed by atoms with van der Waals surface area (Å²) in [6.07, 6.45) is 6.54. The lowest BCUT2D eigenvalue weighted by atomic mass is 9.96. The standard InChI is InChI=1S/C26H34N2O/c1-5-11-24(21-12-15-23(16-13-21)28-18-9-10-19-28)22-14-17-25(27(6-2)7-3)26(20-22)29-8-4/h5,11-17,20H,1,6-10,18-19H2,2-4H3/b24-11-. The monoisotopic (exact) mass is 390 g/mol. The molecule has 2 aromatic carbocycles. The first kappa shape index (κ1) is 21.0. The first-order valence-corrected chi connectivity index (χ1v) is 10.9. The van der Waals surface area contributed by atoms with Crippen LogP contribution >= 0.6 is 0 Å². The highest BCUT2D eigenvalue weighted by Crippen LogP contribution is 2.34. The second kappa shape index (κ2) is 10.2. The van der Waals surface area contributed by atoms with E-state index in [1.54, 1.807) is 0 Å². The maximum Gasteiger partial charge on any atom is 0.143 e. The van der Waals surface area contributed by atoms with Crippen LogP contribution in [-0.4, -0.2) is 32.8 Å². The van der Waals surface area contributed by atoms with Crippen molar-refractivity contribution in [2.24, 2.45) is 0 Å². The minimum absolute atomic E-state index is 0.656. The summed E-state index contributed by atoms with van der Waals surface area (Å²) in [5, 5.41) is 0. The minimum Gasteiger partial charge on any atom is -0.492 e. The molecule has 0 aromatic heterocycles. The van der Waals surface area contributed by atoms with Gasteiger partial charge in [-0.25, -0.2) is 0 Å². The highest BCUT2D eigenvalue weighted by molar-refractivity contribution is 5.83. The summed E-state index contributed by atoms with van der Waals surface area (Å²) < 4.78 is 6.01. The maximum atomic E-state index is 6.01. The summed E-state index contributed by atoms with van der Waals surface area (Å²) >= 11 is 0. The molecule has 0 N–H and O–H groups in total. The largest absolute Gasteiger partial charge is 0.492 e. The molecule has 3 heteroatoms. The first-order chi connectivity index (χ1) is 14.2. The van der Waals surface area contributed by atoms with E-state index in [2.05, 4.69) is 78.8 Å². The van der Waals surface area contributed by atoms with Crippen LogP contribution in [0.2, 0.25) is 0 Å². The molecule has 0 spiro atoms. The number of hydrogen-bond acceptors (Lipinski definition) is 3. The van der Waals surface area contributed by atoms with Crippen molar-refractivity contribution in [3.8, 4) is 5.75 Å². The van der Waals surface area contributed by atoms with Gasteiger partial charge in [0.2, 0.25) is 0 Å². The van der Waals surface area contributed by atoms with Crippen molar-refractivity contribution in [2.75, 3.05) is 42.6 Å². The summed E-state index contributed by atoms with van der Waals surface area (Å²) in [6.45, 7) is 15.2. The second-order valence-corrected chi connectivity index (χ2v) is 7.34. The zero-order valence-corrected chi connectivity index (χ0v) is 18.2. The highest BCUT2D eigenvalue weighted by atomic mass is 16.5. The van der Waals surface area contributed by atoms with E-state index in [0.717, 1.165) is 30.1 Å². The van der Waals surface area contributed by atoms with Crippen LogP contribution in [0.25, 0.3) is 5.57 Å². The Labute approximate surface area is 176 Å². The molecule has 3 rings (SSSR count). The Morgan fingerprint density at radius 3 is 2.24 bits per heavy atom. The van der Waals surface area contributed by atoms with Crippen LogP contribution in [0.15, 0.2) is 61.2 Å². The first-order valence-electron chi connectivity index (χ1n) is 10.9. The zero-order chi connectivity index (χ0) is 20.6. The van der Waals surface area contributed by atoms with Gasteiger partial charge in [-0.1, -0.05) is 36.9 Å². The molecule has 29 heavy (non-hydrogen) atoms. The van der Waals surface area contributed by atoms with Gasteiger partial charge in [-0.2, -0.15) is 0 Å². The average molecular weight is 391 g/mol. The summed E-state index contributed by atoms with van der Waals surface area (Å²) in [5.41, 5.74) is 5.99. The maximum absolute atomic E-state index is 6.01. The number of ether oxygens (including phenoxy) is 1. The molecule has 2 aromatic rings. The van der Waals surface area contributed by atoms with E-state index >= 15 is 0 Å². The number of allylic oxidation sites excluding steroid dienone is 2. The van der Waals surface area contributed by atoms with Gasteiger partial charge in [-0.05, 0) is 74.6 Å². The molecule has 0 aliphatic carbocycles. The van der Waals surface area contributed by atoms with Crippen LogP contribution in [0.1, 0.15) is 44.7 Å². The second-order valence-electron chi connectivity index (χ2n) is 7.34. The predicted molar refractivity (Wildman–Crippen MR) is 126 cm³/mol. The molecule has 1 saturated heterocycles. The lowest BCUT2D eigenvalue weighted by Gasteiger charge is -2.24. The van der Waals surface area contributed by atoms with Crippen LogP contribution in [0.4, 0.5) is 11.4 Å². The fraction of sp³-hybridized carbons (Fsp3) is 0.385. The third-order valence-corrected chi connectivity index (χ3v) is 5.61.